The molecule has 1 heterocycles. The molecule has 4 nitrogen and oxygen atoms in total. The quantitative estimate of drug-likeness (QED) is 0.907. The van der Waals surface area contributed by atoms with Gasteiger partial charge in [0.2, 0.25) is 0 Å². The molecule has 0 aromatic heterocycles. The van der Waals surface area contributed by atoms with Crippen molar-refractivity contribution in [3.8, 4) is 5.75 Å². The summed E-state index contributed by atoms with van der Waals surface area (Å²) in [4.78, 5) is 13.3. The Labute approximate surface area is 124 Å². The van der Waals surface area contributed by atoms with Crippen LogP contribution in [0.2, 0.25) is 5.02 Å². The van der Waals surface area contributed by atoms with E-state index in [4.69, 9.17) is 16.3 Å². The molecule has 1 aromatic carbocycles. The van der Waals surface area contributed by atoms with Crippen molar-refractivity contribution < 1.29 is 14.6 Å². The van der Waals surface area contributed by atoms with Crippen LogP contribution in [0.25, 0.3) is 0 Å². The van der Waals surface area contributed by atoms with Crippen molar-refractivity contribution in [3.05, 3.63) is 29.3 Å². The summed E-state index contributed by atoms with van der Waals surface area (Å²) in [6.07, 6.45) is 3.86. The fraction of sp³-hybridized carbons (Fsp3) is 0.533. The number of hydrogen-bond acceptors (Lipinski definition) is 3. The van der Waals surface area contributed by atoms with E-state index in [-0.39, 0.29) is 6.04 Å². The van der Waals surface area contributed by atoms with Crippen LogP contribution in [0.4, 0.5) is 0 Å². The van der Waals surface area contributed by atoms with E-state index in [1.807, 2.05) is 23.1 Å². The number of aliphatic carboxylic acids is 1. The molecule has 1 saturated heterocycles. The lowest BCUT2D eigenvalue weighted by Gasteiger charge is -2.26. The summed E-state index contributed by atoms with van der Waals surface area (Å²) in [5, 5.41) is 9.87. The summed E-state index contributed by atoms with van der Waals surface area (Å²) in [5.41, 5.74) is 0. The van der Waals surface area contributed by atoms with Crippen LogP contribution in [0.5, 0.6) is 5.75 Å². The number of likely N-dealkylation sites (tertiary alicyclic amines) is 1. The fourth-order valence-electron chi connectivity index (χ4n) is 2.55. The third kappa shape index (κ3) is 4.12. The smallest absolute Gasteiger partial charge is 0.320 e. The molecule has 110 valence electrons. The second kappa shape index (κ2) is 7.50. The van der Waals surface area contributed by atoms with Gasteiger partial charge in [0.15, 0.2) is 0 Å². The van der Waals surface area contributed by atoms with Gasteiger partial charge in [0, 0.05) is 6.54 Å². The molecule has 0 saturated carbocycles. The Kier molecular flexibility index (Phi) is 5.68. The summed E-state index contributed by atoms with van der Waals surface area (Å²) < 4.78 is 5.64. The predicted molar refractivity (Wildman–Crippen MR) is 78.4 cm³/mol. The molecular formula is C15H20ClNO3. The molecule has 2 rings (SSSR count). The van der Waals surface area contributed by atoms with Crippen molar-refractivity contribution in [1.29, 1.82) is 0 Å². The van der Waals surface area contributed by atoms with Crippen molar-refractivity contribution >= 4 is 17.6 Å². The summed E-state index contributed by atoms with van der Waals surface area (Å²) in [7, 11) is 0. The fourth-order valence-corrected chi connectivity index (χ4v) is 2.74. The Morgan fingerprint density at radius 3 is 2.90 bits per heavy atom. The SMILES string of the molecule is O=C(O)C1CCCCCN1CCOc1ccccc1Cl. The summed E-state index contributed by atoms with van der Waals surface area (Å²) in [5.74, 6) is -0.0829. The Bertz CT molecular complexity index is 452. The highest BCUT2D eigenvalue weighted by atomic mass is 35.5. The highest BCUT2D eigenvalue weighted by Crippen LogP contribution is 2.23. The third-order valence-electron chi connectivity index (χ3n) is 3.62. The van der Waals surface area contributed by atoms with E-state index in [1.165, 1.54) is 0 Å². The van der Waals surface area contributed by atoms with Gasteiger partial charge in [-0.3, -0.25) is 9.69 Å². The first-order chi connectivity index (χ1) is 9.68. The molecule has 1 atom stereocenters. The van der Waals surface area contributed by atoms with E-state index in [0.29, 0.717) is 23.9 Å². The maximum Gasteiger partial charge on any atom is 0.320 e. The molecular weight excluding hydrogens is 278 g/mol. The van der Waals surface area contributed by atoms with E-state index < -0.39 is 5.97 Å². The average Bonchev–Trinajstić information content (AvgIpc) is 2.66. The Balaban J connectivity index is 1.88. The van der Waals surface area contributed by atoms with Gasteiger partial charge in [-0.1, -0.05) is 36.6 Å². The molecule has 1 aliphatic heterocycles. The molecule has 0 aliphatic carbocycles. The number of carboxylic acids is 1. The van der Waals surface area contributed by atoms with E-state index in [1.54, 1.807) is 6.07 Å². The summed E-state index contributed by atoms with van der Waals surface area (Å²) >= 11 is 6.02. The van der Waals surface area contributed by atoms with Gasteiger partial charge in [-0.25, -0.2) is 0 Å². The maximum atomic E-state index is 11.3. The highest BCUT2D eigenvalue weighted by Gasteiger charge is 2.26. The minimum absolute atomic E-state index is 0.382. The number of carbonyl (C=O) groups is 1. The number of halogens is 1. The van der Waals surface area contributed by atoms with Crippen LogP contribution in [-0.4, -0.2) is 41.7 Å². The number of nitrogens with zero attached hydrogens (tertiary/aromatic N) is 1. The van der Waals surface area contributed by atoms with Crippen molar-refractivity contribution in [2.45, 2.75) is 31.7 Å². The minimum atomic E-state index is -0.732. The molecule has 0 bridgehead atoms. The number of carboxylic acid groups (broad SMARTS) is 1. The molecule has 1 aliphatic rings. The van der Waals surface area contributed by atoms with E-state index in [0.717, 1.165) is 32.2 Å². The van der Waals surface area contributed by atoms with Gasteiger partial charge in [-0.15, -0.1) is 0 Å². The van der Waals surface area contributed by atoms with Crippen molar-refractivity contribution in [3.63, 3.8) is 0 Å². The lowest BCUT2D eigenvalue weighted by atomic mass is 10.1. The highest BCUT2D eigenvalue weighted by molar-refractivity contribution is 6.32. The Morgan fingerprint density at radius 1 is 1.35 bits per heavy atom. The molecule has 1 unspecified atom stereocenters. The van der Waals surface area contributed by atoms with Crippen LogP contribution in [0.15, 0.2) is 24.3 Å². The molecule has 0 spiro atoms. The zero-order valence-electron chi connectivity index (χ0n) is 11.4. The number of benzene rings is 1. The Morgan fingerprint density at radius 2 is 2.15 bits per heavy atom. The topological polar surface area (TPSA) is 49.8 Å². The second-order valence-electron chi connectivity index (χ2n) is 5.02. The van der Waals surface area contributed by atoms with Gasteiger partial charge in [-0.2, -0.15) is 0 Å². The lowest BCUT2D eigenvalue weighted by Crippen LogP contribution is -2.42. The van der Waals surface area contributed by atoms with Gasteiger partial charge < -0.3 is 9.84 Å². The molecule has 0 radical (unpaired) electrons. The lowest BCUT2D eigenvalue weighted by molar-refractivity contribution is -0.143. The van der Waals surface area contributed by atoms with Crippen LogP contribution < -0.4 is 4.74 Å². The first-order valence-corrected chi connectivity index (χ1v) is 7.40. The zero-order valence-corrected chi connectivity index (χ0v) is 12.2. The summed E-state index contributed by atoms with van der Waals surface area (Å²) in [6, 6.07) is 6.94. The van der Waals surface area contributed by atoms with Crippen LogP contribution in [0, 0.1) is 0 Å². The van der Waals surface area contributed by atoms with Gasteiger partial charge >= 0.3 is 5.97 Å². The maximum absolute atomic E-state index is 11.3. The van der Waals surface area contributed by atoms with Crippen molar-refractivity contribution in [2.24, 2.45) is 0 Å². The molecule has 1 aromatic rings. The first kappa shape index (κ1) is 15.1. The third-order valence-corrected chi connectivity index (χ3v) is 3.93. The molecule has 5 heteroatoms. The van der Waals surface area contributed by atoms with Crippen LogP contribution in [0.1, 0.15) is 25.7 Å². The first-order valence-electron chi connectivity index (χ1n) is 7.02. The van der Waals surface area contributed by atoms with E-state index in [2.05, 4.69) is 0 Å². The standard InChI is InChI=1S/C15H20ClNO3/c16-12-6-3-4-8-14(12)20-11-10-17-9-5-1-2-7-13(17)15(18)19/h3-4,6,8,13H,1-2,5,7,9-11H2,(H,18,19). The van der Waals surface area contributed by atoms with E-state index in [9.17, 15) is 9.90 Å². The number of ether oxygens (including phenoxy) is 1. The van der Waals surface area contributed by atoms with Gasteiger partial charge in [0.1, 0.15) is 18.4 Å². The minimum Gasteiger partial charge on any atom is -0.491 e. The van der Waals surface area contributed by atoms with Gasteiger partial charge in [0.05, 0.1) is 5.02 Å². The average molecular weight is 298 g/mol. The number of rotatable bonds is 5. The largest absolute Gasteiger partial charge is 0.491 e. The zero-order chi connectivity index (χ0) is 14.4. The second-order valence-corrected chi connectivity index (χ2v) is 5.43. The van der Waals surface area contributed by atoms with Crippen molar-refractivity contribution in [1.82, 2.24) is 4.90 Å². The normalized spacial score (nSPS) is 20.4. The summed E-state index contributed by atoms with van der Waals surface area (Å²) in [6.45, 7) is 1.89. The Hall–Kier alpha value is -1.26. The van der Waals surface area contributed by atoms with Crippen molar-refractivity contribution in [2.75, 3.05) is 19.7 Å². The van der Waals surface area contributed by atoms with Gasteiger partial charge in [-0.05, 0) is 31.5 Å². The van der Waals surface area contributed by atoms with Crippen LogP contribution in [-0.2, 0) is 4.79 Å². The van der Waals surface area contributed by atoms with Crippen LogP contribution >= 0.6 is 11.6 Å². The molecule has 1 fully saturated rings. The van der Waals surface area contributed by atoms with Crippen LogP contribution in [0.3, 0.4) is 0 Å². The van der Waals surface area contributed by atoms with Gasteiger partial charge in [0.25, 0.3) is 0 Å². The predicted octanol–water partition coefficient (Wildman–Crippen LogP) is 3.05. The molecule has 1 N–H and O–H groups in total. The van der Waals surface area contributed by atoms with E-state index >= 15 is 0 Å². The number of para-hydroxylation sites is 1. The monoisotopic (exact) mass is 297 g/mol. The molecule has 0 amide bonds. The number of hydrogen-bond donors (Lipinski definition) is 1. The molecule has 20 heavy (non-hydrogen) atoms.